The maximum Gasteiger partial charge on any atom is 0.123 e. The molecule has 5 heteroatoms. The van der Waals surface area contributed by atoms with Crippen molar-refractivity contribution in [2.24, 2.45) is 0 Å². The summed E-state index contributed by atoms with van der Waals surface area (Å²) in [6, 6.07) is 11.0. The van der Waals surface area contributed by atoms with E-state index in [0.717, 1.165) is 39.2 Å². The molecule has 0 saturated carbocycles. The van der Waals surface area contributed by atoms with Gasteiger partial charge in [0, 0.05) is 16.0 Å². The Balaban J connectivity index is 1.73. The summed E-state index contributed by atoms with van der Waals surface area (Å²) < 4.78 is 20.7. The highest BCUT2D eigenvalue weighted by atomic mass is 127. The smallest absolute Gasteiger partial charge is 0.123 e. The minimum Gasteiger partial charge on any atom is -0.373 e. The van der Waals surface area contributed by atoms with Crippen molar-refractivity contribution in [1.82, 2.24) is 5.32 Å². The molecule has 0 radical (unpaired) electrons. The molecule has 1 aliphatic heterocycles. The number of hydrogen-bond donors (Lipinski definition) is 1. The van der Waals surface area contributed by atoms with Gasteiger partial charge in [-0.3, -0.25) is 0 Å². The van der Waals surface area contributed by atoms with E-state index in [-0.39, 0.29) is 17.8 Å². The van der Waals surface area contributed by atoms with Crippen molar-refractivity contribution >= 4 is 34.2 Å². The van der Waals surface area contributed by atoms with Gasteiger partial charge in [0.2, 0.25) is 0 Å². The third-order valence-electron chi connectivity index (χ3n) is 4.50. The lowest BCUT2D eigenvalue weighted by Gasteiger charge is -2.33. The quantitative estimate of drug-likeness (QED) is 0.646. The molecule has 2 atom stereocenters. The van der Waals surface area contributed by atoms with Gasteiger partial charge in [-0.15, -0.1) is 0 Å². The first-order chi connectivity index (χ1) is 11.5. The summed E-state index contributed by atoms with van der Waals surface area (Å²) in [5, 5.41) is 4.19. The largest absolute Gasteiger partial charge is 0.373 e. The number of aryl methyl sites for hydroxylation is 1. The number of rotatable bonds is 4. The van der Waals surface area contributed by atoms with Crippen LogP contribution < -0.4 is 5.32 Å². The first kappa shape index (κ1) is 18.1. The molecule has 1 heterocycles. The van der Waals surface area contributed by atoms with E-state index in [1.54, 1.807) is 6.07 Å². The number of piperidine rings is 1. The van der Waals surface area contributed by atoms with Crippen LogP contribution in [0.15, 0.2) is 36.4 Å². The number of benzene rings is 2. The van der Waals surface area contributed by atoms with Crippen molar-refractivity contribution in [1.29, 1.82) is 0 Å². The minimum atomic E-state index is -0.187. The Morgan fingerprint density at radius 2 is 2.12 bits per heavy atom. The Kier molecular flexibility index (Phi) is 6.13. The third-order valence-corrected chi connectivity index (χ3v) is 6.04. The van der Waals surface area contributed by atoms with Gasteiger partial charge in [0.1, 0.15) is 5.82 Å². The molecular formula is C19H20ClFINO. The molecule has 1 aliphatic rings. The minimum absolute atomic E-state index is 0.128. The SMILES string of the molecule is Cc1cc(F)ccc1C1CNCCC1OCc1ccc(Cl)c(I)c1. The van der Waals surface area contributed by atoms with Crippen molar-refractivity contribution in [2.45, 2.75) is 32.0 Å². The summed E-state index contributed by atoms with van der Waals surface area (Å²) in [5.74, 6) is 0.0546. The molecule has 24 heavy (non-hydrogen) atoms. The first-order valence-corrected chi connectivity index (χ1v) is 9.52. The fourth-order valence-corrected chi connectivity index (χ4v) is 3.93. The standard InChI is InChI=1S/C19H20ClFINO/c1-12-8-14(21)3-4-15(12)16-10-23-7-6-19(16)24-11-13-2-5-17(20)18(22)9-13/h2-5,8-9,16,19,23H,6-7,10-11H2,1H3. The molecule has 0 aliphatic carbocycles. The second-order valence-electron chi connectivity index (χ2n) is 6.20. The van der Waals surface area contributed by atoms with Gasteiger partial charge in [-0.1, -0.05) is 23.7 Å². The topological polar surface area (TPSA) is 21.3 Å². The molecule has 2 nitrogen and oxygen atoms in total. The third kappa shape index (κ3) is 4.28. The van der Waals surface area contributed by atoms with Crippen LogP contribution in [-0.4, -0.2) is 19.2 Å². The van der Waals surface area contributed by atoms with Crippen molar-refractivity contribution < 1.29 is 9.13 Å². The molecule has 0 aromatic heterocycles. The highest BCUT2D eigenvalue weighted by Crippen LogP contribution is 2.30. The monoisotopic (exact) mass is 459 g/mol. The van der Waals surface area contributed by atoms with Gasteiger partial charge >= 0.3 is 0 Å². The fourth-order valence-electron chi connectivity index (χ4n) is 3.23. The van der Waals surface area contributed by atoms with Gasteiger partial charge in [0.25, 0.3) is 0 Å². The zero-order valence-electron chi connectivity index (χ0n) is 13.5. The Labute approximate surface area is 160 Å². The highest BCUT2D eigenvalue weighted by Gasteiger charge is 2.28. The van der Waals surface area contributed by atoms with Crippen LogP contribution in [-0.2, 0) is 11.3 Å². The molecule has 3 rings (SSSR count). The van der Waals surface area contributed by atoms with E-state index in [4.69, 9.17) is 16.3 Å². The molecule has 2 aromatic rings. The van der Waals surface area contributed by atoms with Crippen LogP contribution in [0, 0.1) is 16.3 Å². The van der Waals surface area contributed by atoms with Crippen LogP contribution in [0.1, 0.15) is 29.0 Å². The number of halogens is 3. The van der Waals surface area contributed by atoms with Gasteiger partial charge in [-0.2, -0.15) is 0 Å². The van der Waals surface area contributed by atoms with Crippen LogP contribution in [0.5, 0.6) is 0 Å². The zero-order chi connectivity index (χ0) is 17.1. The van der Waals surface area contributed by atoms with Crippen LogP contribution in [0.4, 0.5) is 4.39 Å². The molecule has 1 fully saturated rings. The molecule has 128 valence electrons. The van der Waals surface area contributed by atoms with Crippen molar-refractivity contribution in [2.75, 3.05) is 13.1 Å². The maximum absolute atomic E-state index is 13.4. The van der Waals surface area contributed by atoms with E-state index in [0.29, 0.717) is 6.61 Å². The molecular weight excluding hydrogens is 440 g/mol. The molecule has 2 unspecified atom stereocenters. The van der Waals surface area contributed by atoms with Gasteiger partial charge in [-0.05, 0) is 83.4 Å². The Bertz CT molecular complexity index is 725. The zero-order valence-corrected chi connectivity index (χ0v) is 16.4. The normalized spacial score (nSPS) is 21.0. The molecule has 0 amide bonds. The second-order valence-corrected chi connectivity index (χ2v) is 7.77. The van der Waals surface area contributed by atoms with Crippen molar-refractivity contribution in [3.05, 3.63) is 67.5 Å². The molecule has 0 spiro atoms. The van der Waals surface area contributed by atoms with Crippen molar-refractivity contribution in [3.8, 4) is 0 Å². The molecule has 0 bridgehead atoms. The maximum atomic E-state index is 13.4. The van der Waals surface area contributed by atoms with E-state index in [2.05, 4.69) is 34.0 Å². The van der Waals surface area contributed by atoms with Gasteiger partial charge in [-0.25, -0.2) is 4.39 Å². The van der Waals surface area contributed by atoms with Crippen LogP contribution >= 0.6 is 34.2 Å². The fraction of sp³-hybridized carbons (Fsp3) is 0.368. The number of ether oxygens (including phenoxy) is 1. The second kappa shape index (κ2) is 8.13. The van der Waals surface area contributed by atoms with Crippen LogP contribution in [0.3, 0.4) is 0 Å². The van der Waals surface area contributed by atoms with Gasteiger partial charge in [0.05, 0.1) is 17.7 Å². The van der Waals surface area contributed by atoms with Crippen LogP contribution in [0.25, 0.3) is 0 Å². The summed E-state index contributed by atoms with van der Waals surface area (Å²) in [6.07, 6.45) is 1.08. The first-order valence-electron chi connectivity index (χ1n) is 8.07. The number of hydrogen-bond acceptors (Lipinski definition) is 2. The lowest BCUT2D eigenvalue weighted by molar-refractivity contribution is 0.00675. The van der Waals surface area contributed by atoms with Crippen molar-refractivity contribution in [3.63, 3.8) is 0 Å². The summed E-state index contributed by atoms with van der Waals surface area (Å²) in [7, 11) is 0. The highest BCUT2D eigenvalue weighted by molar-refractivity contribution is 14.1. The lowest BCUT2D eigenvalue weighted by Crippen LogP contribution is -2.40. The lowest BCUT2D eigenvalue weighted by atomic mass is 9.86. The van der Waals surface area contributed by atoms with Gasteiger partial charge in [0.15, 0.2) is 0 Å². The summed E-state index contributed by atoms with van der Waals surface area (Å²) >= 11 is 8.31. The van der Waals surface area contributed by atoms with E-state index in [1.807, 2.05) is 25.1 Å². The van der Waals surface area contributed by atoms with Gasteiger partial charge < -0.3 is 10.1 Å². The predicted octanol–water partition coefficient (Wildman–Crippen LogP) is 5.05. The molecule has 1 N–H and O–H groups in total. The van der Waals surface area contributed by atoms with E-state index in [9.17, 15) is 4.39 Å². The Hall–Kier alpha value is -0.690. The Morgan fingerprint density at radius 1 is 1.29 bits per heavy atom. The number of nitrogens with one attached hydrogen (secondary N) is 1. The Morgan fingerprint density at radius 3 is 2.88 bits per heavy atom. The predicted molar refractivity (Wildman–Crippen MR) is 104 cm³/mol. The summed E-state index contributed by atoms with van der Waals surface area (Å²) in [4.78, 5) is 0. The molecule has 1 saturated heterocycles. The van der Waals surface area contributed by atoms with E-state index >= 15 is 0 Å². The van der Waals surface area contributed by atoms with E-state index in [1.165, 1.54) is 11.6 Å². The summed E-state index contributed by atoms with van der Waals surface area (Å²) in [5.41, 5.74) is 3.27. The average Bonchev–Trinajstić information content (AvgIpc) is 2.56. The average molecular weight is 460 g/mol. The molecule has 2 aromatic carbocycles. The summed E-state index contributed by atoms with van der Waals surface area (Å²) in [6.45, 7) is 4.33. The van der Waals surface area contributed by atoms with Crippen LogP contribution in [0.2, 0.25) is 5.02 Å². The van der Waals surface area contributed by atoms with E-state index < -0.39 is 0 Å².